The molecule has 4 amide bonds. The third-order valence-corrected chi connectivity index (χ3v) is 5.49. The fourth-order valence-corrected chi connectivity index (χ4v) is 3.51. The van der Waals surface area contributed by atoms with Crippen LogP contribution in [-0.4, -0.2) is 28.3 Å². The Hall–Kier alpha value is -1.39. The number of urea groups is 1. The average molecular weight is 294 g/mol. The quantitative estimate of drug-likeness (QED) is 0.814. The van der Waals surface area contributed by atoms with E-state index in [0.29, 0.717) is 25.7 Å². The van der Waals surface area contributed by atoms with Gasteiger partial charge in [-0.3, -0.25) is 19.8 Å². The predicted octanol–water partition coefficient (Wildman–Crippen LogP) is 2.98. The molecule has 2 rings (SSSR count). The van der Waals surface area contributed by atoms with E-state index in [1.807, 2.05) is 20.8 Å². The third kappa shape index (κ3) is 2.47. The summed E-state index contributed by atoms with van der Waals surface area (Å²) >= 11 is 0. The molecule has 0 radical (unpaired) electrons. The van der Waals surface area contributed by atoms with Crippen LogP contribution in [-0.2, 0) is 9.59 Å². The Balaban J connectivity index is 2.42. The van der Waals surface area contributed by atoms with Crippen LogP contribution in [0, 0.1) is 5.41 Å². The molecule has 0 aromatic heterocycles. The van der Waals surface area contributed by atoms with Gasteiger partial charge < -0.3 is 0 Å². The highest BCUT2D eigenvalue weighted by Crippen LogP contribution is 2.41. The second kappa shape index (κ2) is 5.78. The van der Waals surface area contributed by atoms with Crippen LogP contribution in [0.2, 0.25) is 0 Å². The van der Waals surface area contributed by atoms with E-state index < -0.39 is 17.0 Å². The van der Waals surface area contributed by atoms with Crippen molar-refractivity contribution in [3.63, 3.8) is 0 Å². The van der Waals surface area contributed by atoms with Gasteiger partial charge in [-0.1, -0.05) is 39.5 Å². The normalized spacial score (nSPS) is 23.2. The highest BCUT2D eigenvalue weighted by atomic mass is 16.2. The molecule has 1 heterocycles. The van der Waals surface area contributed by atoms with Crippen LogP contribution in [0.3, 0.4) is 0 Å². The number of carbonyl (C=O) groups is 3. The summed E-state index contributed by atoms with van der Waals surface area (Å²) in [6, 6.07) is -0.550. The lowest BCUT2D eigenvalue weighted by Gasteiger charge is -2.46. The summed E-state index contributed by atoms with van der Waals surface area (Å²) in [5, 5.41) is 2.45. The summed E-state index contributed by atoms with van der Waals surface area (Å²) < 4.78 is 0. The molecule has 0 aromatic rings. The van der Waals surface area contributed by atoms with Crippen molar-refractivity contribution in [2.45, 2.75) is 77.7 Å². The van der Waals surface area contributed by atoms with Crippen molar-refractivity contribution in [3.8, 4) is 0 Å². The molecule has 1 saturated carbocycles. The first-order valence-corrected chi connectivity index (χ1v) is 8.11. The van der Waals surface area contributed by atoms with Crippen molar-refractivity contribution in [2.24, 2.45) is 5.41 Å². The van der Waals surface area contributed by atoms with Gasteiger partial charge >= 0.3 is 6.03 Å². The van der Waals surface area contributed by atoms with E-state index in [9.17, 15) is 14.4 Å². The summed E-state index contributed by atoms with van der Waals surface area (Å²) in [5.74, 6) is -0.658. The Morgan fingerprint density at radius 2 is 1.57 bits per heavy atom. The number of nitrogens with one attached hydrogen (secondary N) is 1. The van der Waals surface area contributed by atoms with Crippen LogP contribution in [0.15, 0.2) is 0 Å². The van der Waals surface area contributed by atoms with Crippen molar-refractivity contribution in [2.75, 3.05) is 0 Å². The fourth-order valence-electron chi connectivity index (χ4n) is 3.51. The van der Waals surface area contributed by atoms with Crippen LogP contribution in [0.4, 0.5) is 4.79 Å². The van der Waals surface area contributed by atoms with Crippen molar-refractivity contribution in [1.82, 2.24) is 10.2 Å². The summed E-state index contributed by atoms with van der Waals surface area (Å²) in [4.78, 5) is 39.1. The van der Waals surface area contributed by atoms with Gasteiger partial charge in [-0.15, -0.1) is 0 Å². The largest absolute Gasteiger partial charge is 0.331 e. The number of nitrogens with zero attached hydrogens (tertiary/aromatic N) is 1. The van der Waals surface area contributed by atoms with Crippen molar-refractivity contribution >= 4 is 17.8 Å². The molecule has 0 unspecified atom stereocenters. The molecule has 118 valence electrons. The Morgan fingerprint density at radius 1 is 1.05 bits per heavy atom. The Labute approximate surface area is 126 Å². The Bertz CT molecular complexity index is 446. The van der Waals surface area contributed by atoms with Crippen LogP contribution in [0.5, 0.6) is 0 Å². The predicted molar refractivity (Wildman–Crippen MR) is 79.5 cm³/mol. The molecule has 1 aliphatic heterocycles. The first kappa shape index (κ1) is 16.0. The third-order valence-electron chi connectivity index (χ3n) is 5.49. The topological polar surface area (TPSA) is 66.5 Å². The minimum absolute atomic E-state index is 0.274. The molecule has 2 aliphatic rings. The van der Waals surface area contributed by atoms with Gasteiger partial charge in [0.2, 0.25) is 11.8 Å². The molecule has 5 heteroatoms. The number of rotatable bonds is 3. The number of carbonyl (C=O) groups excluding carboxylic acids is 3. The number of amides is 4. The van der Waals surface area contributed by atoms with Crippen LogP contribution < -0.4 is 5.32 Å². The van der Waals surface area contributed by atoms with E-state index in [1.54, 1.807) is 0 Å². The highest BCUT2D eigenvalue weighted by molar-refractivity contribution is 6.19. The van der Waals surface area contributed by atoms with Gasteiger partial charge in [-0.25, -0.2) is 4.79 Å². The number of hydrogen-bond acceptors (Lipinski definition) is 3. The standard InChI is InChI=1S/C16H26N2O3/c1-4-15(3,5-2)18-13(20)16(12(19)17-14(18)21)10-8-6-7-9-11-16/h4-11H2,1-3H3,(H,17,19,21). The first-order valence-electron chi connectivity index (χ1n) is 8.11. The molecule has 1 aliphatic carbocycles. The fraction of sp³-hybridized carbons (Fsp3) is 0.812. The van der Waals surface area contributed by atoms with Gasteiger partial charge in [0.05, 0.1) is 0 Å². The summed E-state index contributed by atoms with van der Waals surface area (Å²) in [7, 11) is 0. The summed E-state index contributed by atoms with van der Waals surface area (Å²) in [6.07, 6.45) is 6.34. The van der Waals surface area contributed by atoms with Gasteiger partial charge in [0.15, 0.2) is 0 Å². The maximum absolute atomic E-state index is 13.1. The minimum Gasteiger partial charge on any atom is -0.277 e. The molecule has 5 nitrogen and oxygen atoms in total. The molecule has 0 atom stereocenters. The first-order chi connectivity index (χ1) is 9.91. The molecule has 0 bridgehead atoms. The second-order valence-electron chi connectivity index (χ2n) is 6.60. The van der Waals surface area contributed by atoms with Crippen molar-refractivity contribution in [1.29, 1.82) is 0 Å². The molecule has 0 aromatic carbocycles. The van der Waals surface area contributed by atoms with Gasteiger partial charge in [0.25, 0.3) is 0 Å². The SMILES string of the molecule is CCC(C)(CC)N1C(=O)NC(=O)C2(CCCCCC2)C1=O. The second-order valence-corrected chi connectivity index (χ2v) is 6.60. The molecule has 1 N–H and O–H groups in total. The monoisotopic (exact) mass is 294 g/mol. The van der Waals surface area contributed by atoms with Gasteiger partial charge in [0.1, 0.15) is 5.41 Å². The maximum atomic E-state index is 13.1. The maximum Gasteiger partial charge on any atom is 0.331 e. The number of hydrogen-bond donors (Lipinski definition) is 1. The lowest BCUT2D eigenvalue weighted by molar-refractivity contribution is -0.156. The van der Waals surface area contributed by atoms with E-state index in [-0.39, 0.29) is 11.8 Å². The Morgan fingerprint density at radius 3 is 2.05 bits per heavy atom. The van der Waals surface area contributed by atoms with Crippen molar-refractivity contribution in [3.05, 3.63) is 0 Å². The van der Waals surface area contributed by atoms with Gasteiger partial charge in [-0.05, 0) is 32.6 Å². The molecular weight excluding hydrogens is 268 g/mol. The molecule has 1 saturated heterocycles. The number of imide groups is 2. The highest BCUT2D eigenvalue weighted by Gasteiger charge is 2.56. The zero-order valence-electron chi connectivity index (χ0n) is 13.3. The summed E-state index contributed by atoms with van der Waals surface area (Å²) in [6.45, 7) is 5.87. The zero-order valence-corrected chi connectivity index (χ0v) is 13.3. The van der Waals surface area contributed by atoms with Crippen LogP contribution in [0.1, 0.15) is 72.1 Å². The van der Waals surface area contributed by atoms with Crippen molar-refractivity contribution < 1.29 is 14.4 Å². The Kier molecular flexibility index (Phi) is 4.40. The summed E-state index contributed by atoms with van der Waals surface area (Å²) in [5.41, 5.74) is -1.54. The van der Waals surface area contributed by atoms with E-state index >= 15 is 0 Å². The molecule has 21 heavy (non-hydrogen) atoms. The zero-order chi connectivity index (χ0) is 15.7. The van der Waals surface area contributed by atoms with E-state index in [4.69, 9.17) is 0 Å². The van der Waals surface area contributed by atoms with Gasteiger partial charge in [0, 0.05) is 5.54 Å². The van der Waals surface area contributed by atoms with Crippen LogP contribution in [0.25, 0.3) is 0 Å². The molecule has 2 fully saturated rings. The lowest BCUT2D eigenvalue weighted by Crippen LogP contribution is -2.68. The smallest absolute Gasteiger partial charge is 0.277 e. The molecular formula is C16H26N2O3. The minimum atomic E-state index is -1.02. The lowest BCUT2D eigenvalue weighted by atomic mass is 9.75. The van der Waals surface area contributed by atoms with Gasteiger partial charge in [-0.2, -0.15) is 0 Å². The average Bonchev–Trinajstić information content (AvgIpc) is 2.72. The van der Waals surface area contributed by atoms with E-state index in [0.717, 1.165) is 25.7 Å². The molecule has 1 spiro atoms. The number of barbiturate groups is 1. The van der Waals surface area contributed by atoms with Crippen LogP contribution >= 0.6 is 0 Å². The van der Waals surface area contributed by atoms with E-state index in [1.165, 1.54) is 4.90 Å². The van der Waals surface area contributed by atoms with E-state index in [2.05, 4.69) is 5.32 Å².